The molecule has 148 valence electrons. The minimum Gasteiger partial charge on any atom is -0.494 e. The molecule has 0 spiro atoms. The summed E-state index contributed by atoms with van der Waals surface area (Å²) in [6.07, 6.45) is 0.153. The molecule has 0 atom stereocenters. The molecule has 2 aromatic rings. The number of benzene rings is 2. The zero-order valence-corrected chi connectivity index (χ0v) is 16.3. The Balaban J connectivity index is 1.94. The number of carbonyl (C=O) groups excluding carboxylic acids is 3. The molecule has 0 saturated heterocycles. The first-order chi connectivity index (χ1) is 13.4. The van der Waals surface area contributed by atoms with E-state index < -0.39 is 0 Å². The first-order valence-corrected chi connectivity index (χ1v) is 9.07. The lowest BCUT2D eigenvalue weighted by Crippen LogP contribution is -2.31. The normalized spacial score (nSPS) is 10.1. The molecule has 0 radical (unpaired) electrons. The van der Waals surface area contributed by atoms with Crippen LogP contribution in [0.1, 0.15) is 27.2 Å². The van der Waals surface area contributed by atoms with E-state index in [-0.39, 0.29) is 30.7 Å². The summed E-state index contributed by atoms with van der Waals surface area (Å²) in [5.74, 6) is 0.222. The predicted molar refractivity (Wildman–Crippen MR) is 110 cm³/mol. The van der Waals surface area contributed by atoms with Gasteiger partial charge in [-0.2, -0.15) is 0 Å². The van der Waals surface area contributed by atoms with Crippen LogP contribution in [0.5, 0.6) is 5.75 Å². The van der Waals surface area contributed by atoms with Gasteiger partial charge in [-0.25, -0.2) is 0 Å². The van der Waals surface area contributed by atoms with Crippen LogP contribution < -0.4 is 20.3 Å². The van der Waals surface area contributed by atoms with Gasteiger partial charge in [0.1, 0.15) is 5.75 Å². The summed E-state index contributed by atoms with van der Waals surface area (Å²) < 4.78 is 5.37. The minimum absolute atomic E-state index is 0.153. The van der Waals surface area contributed by atoms with Crippen molar-refractivity contribution in [2.45, 2.75) is 27.2 Å². The zero-order valence-electron chi connectivity index (χ0n) is 16.3. The van der Waals surface area contributed by atoms with E-state index in [1.54, 1.807) is 48.5 Å². The summed E-state index contributed by atoms with van der Waals surface area (Å²) in [6.45, 7) is 5.62. The number of anilines is 3. The van der Waals surface area contributed by atoms with E-state index in [1.807, 2.05) is 6.92 Å². The van der Waals surface area contributed by atoms with Crippen molar-refractivity contribution in [3.05, 3.63) is 48.5 Å². The Bertz CT molecular complexity index is 817. The van der Waals surface area contributed by atoms with Gasteiger partial charge in [0.15, 0.2) is 0 Å². The van der Waals surface area contributed by atoms with Crippen LogP contribution in [-0.4, -0.2) is 30.9 Å². The molecule has 0 aliphatic heterocycles. The highest BCUT2D eigenvalue weighted by molar-refractivity contribution is 5.95. The van der Waals surface area contributed by atoms with Crippen molar-refractivity contribution < 1.29 is 19.1 Å². The fourth-order valence-electron chi connectivity index (χ4n) is 2.63. The van der Waals surface area contributed by atoms with Gasteiger partial charge < -0.3 is 20.3 Å². The van der Waals surface area contributed by atoms with Gasteiger partial charge in [-0.1, -0.05) is 0 Å². The number of hydrogen-bond donors (Lipinski definition) is 2. The van der Waals surface area contributed by atoms with Crippen LogP contribution >= 0.6 is 0 Å². The van der Waals surface area contributed by atoms with E-state index >= 15 is 0 Å². The quantitative estimate of drug-likeness (QED) is 0.731. The summed E-state index contributed by atoms with van der Waals surface area (Å²) in [6, 6.07) is 14.0. The molecular formula is C21H25N3O4. The average molecular weight is 383 g/mol. The van der Waals surface area contributed by atoms with Crippen LogP contribution in [0.2, 0.25) is 0 Å². The van der Waals surface area contributed by atoms with Gasteiger partial charge in [0.25, 0.3) is 0 Å². The Morgan fingerprint density at radius 3 is 2.00 bits per heavy atom. The van der Waals surface area contributed by atoms with Crippen LogP contribution in [0, 0.1) is 0 Å². The molecule has 0 heterocycles. The van der Waals surface area contributed by atoms with Crippen LogP contribution in [0.4, 0.5) is 17.1 Å². The van der Waals surface area contributed by atoms with Crippen LogP contribution in [0.15, 0.2) is 48.5 Å². The van der Waals surface area contributed by atoms with Crippen LogP contribution in [0.25, 0.3) is 0 Å². The zero-order chi connectivity index (χ0) is 20.5. The van der Waals surface area contributed by atoms with Crippen molar-refractivity contribution in [1.29, 1.82) is 0 Å². The third kappa shape index (κ3) is 6.42. The van der Waals surface area contributed by atoms with Crippen molar-refractivity contribution in [3.8, 4) is 5.75 Å². The summed E-state index contributed by atoms with van der Waals surface area (Å²) in [7, 11) is 0. The monoisotopic (exact) mass is 383 g/mol. The molecular weight excluding hydrogens is 358 g/mol. The molecule has 0 bridgehead atoms. The largest absolute Gasteiger partial charge is 0.494 e. The van der Waals surface area contributed by atoms with Crippen LogP contribution in [-0.2, 0) is 14.4 Å². The Morgan fingerprint density at radius 2 is 1.46 bits per heavy atom. The van der Waals surface area contributed by atoms with Gasteiger partial charge in [-0.05, 0) is 55.5 Å². The third-order valence-electron chi connectivity index (χ3n) is 3.89. The fraction of sp³-hybridized carbons (Fsp3) is 0.286. The molecule has 2 aromatic carbocycles. The standard InChI is InChI=1S/C21H25N3O4/c1-4-28-20-11-7-18(8-12-20)23-21(27)13-14-24(16(3)26)19-9-5-17(6-10-19)22-15(2)25/h5-12H,4,13-14H2,1-3H3,(H,22,25)(H,23,27). The van der Waals surface area contributed by atoms with Gasteiger partial charge in [-0.15, -0.1) is 0 Å². The van der Waals surface area contributed by atoms with Crippen molar-refractivity contribution in [1.82, 2.24) is 0 Å². The molecule has 28 heavy (non-hydrogen) atoms. The molecule has 0 fully saturated rings. The number of nitrogens with one attached hydrogen (secondary N) is 2. The Labute approximate surface area is 164 Å². The highest BCUT2D eigenvalue weighted by Crippen LogP contribution is 2.19. The highest BCUT2D eigenvalue weighted by Gasteiger charge is 2.14. The number of rotatable bonds is 8. The average Bonchev–Trinajstić information content (AvgIpc) is 2.64. The number of amides is 3. The molecule has 0 unspecified atom stereocenters. The summed E-state index contributed by atoms with van der Waals surface area (Å²) >= 11 is 0. The van der Waals surface area contributed by atoms with E-state index in [9.17, 15) is 14.4 Å². The number of ether oxygens (including phenoxy) is 1. The van der Waals surface area contributed by atoms with Crippen LogP contribution in [0.3, 0.4) is 0 Å². The van der Waals surface area contributed by atoms with E-state index in [0.717, 1.165) is 5.75 Å². The van der Waals surface area contributed by atoms with E-state index in [0.29, 0.717) is 23.7 Å². The van der Waals surface area contributed by atoms with Gasteiger partial charge in [0.2, 0.25) is 17.7 Å². The number of hydrogen-bond acceptors (Lipinski definition) is 4. The minimum atomic E-state index is -0.190. The van der Waals surface area contributed by atoms with Gasteiger partial charge in [0.05, 0.1) is 6.61 Å². The molecule has 0 aliphatic rings. The van der Waals surface area contributed by atoms with E-state index in [4.69, 9.17) is 4.74 Å². The molecule has 0 saturated carbocycles. The summed E-state index contributed by atoms with van der Waals surface area (Å²) in [5.41, 5.74) is 1.98. The fourth-order valence-corrected chi connectivity index (χ4v) is 2.63. The second kappa shape index (κ2) is 10.1. The van der Waals surface area contributed by atoms with Crippen molar-refractivity contribution in [2.75, 3.05) is 28.7 Å². The Morgan fingerprint density at radius 1 is 0.893 bits per heavy atom. The van der Waals surface area contributed by atoms with E-state index in [2.05, 4.69) is 10.6 Å². The molecule has 2 N–H and O–H groups in total. The van der Waals surface area contributed by atoms with Crippen molar-refractivity contribution in [3.63, 3.8) is 0 Å². The highest BCUT2D eigenvalue weighted by atomic mass is 16.5. The topological polar surface area (TPSA) is 87.7 Å². The number of nitrogens with zero attached hydrogens (tertiary/aromatic N) is 1. The van der Waals surface area contributed by atoms with Crippen molar-refractivity contribution in [2.24, 2.45) is 0 Å². The lowest BCUT2D eigenvalue weighted by molar-refractivity contribution is -0.117. The third-order valence-corrected chi connectivity index (χ3v) is 3.89. The first-order valence-electron chi connectivity index (χ1n) is 9.07. The molecule has 0 aromatic heterocycles. The molecule has 7 nitrogen and oxygen atoms in total. The second-order valence-electron chi connectivity index (χ2n) is 6.15. The Kier molecular flexibility index (Phi) is 7.56. The number of carbonyl (C=O) groups is 3. The van der Waals surface area contributed by atoms with Gasteiger partial charge in [-0.3, -0.25) is 14.4 Å². The lowest BCUT2D eigenvalue weighted by atomic mass is 10.2. The maximum absolute atomic E-state index is 12.2. The maximum Gasteiger partial charge on any atom is 0.226 e. The smallest absolute Gasteiger partial charge is 0.226 e. The van der Waals surface area contributed by atoms with Gasteiger partial charge >= 0.3 is 0 Å². The maximum atomic E-state index is 12.2. The molecule has 7 heteroatoms. The SMILES string of the molecule is CCOc1ccc(NC(=O)CCN(C(C)=O)c2ccc(NC(C)=O)cc2)cc1. The van der Waals surface area contributed by atoms with Crippen molar-refractivity contribution >= 4 is 34.8 Å². The predicted octanol–water partition coefficient (Wildman–Crippen LogP) is 3.43. The van der Waals surface area contributed by atoms with E-state index in [1.165, 1.54) is 18.7 Å². The molecule has 2 rings (SSSR count). The Hall–Kier alpha value is -3.35. The van der Waals surface area contributed by atoms with Gasteiger partial charge in [0, 0.05) is 43.9 Å². The molecule has 0 aliphatic carbocycles. The lowest BCUT2D eigenvalue weighted by Gasteiger charge is -2.21. The second-order valence-corrected chi connectivity index (χ2v) is 6.15. The molecule has 3 amide bonds. The summed E-state index contributed by atoms with van der Waals surface area (Å²) in [5, 5.41) is 5.48. The first kappa shape index (κ1) is 21.0. The summed E-state index contributed by atoms with van der Waals surface area (Å²) in [4.78, 5) is 36.8.